The van der Waals surface area contributed by atoms with Gasteiger partial charge in [0.15, 0.2) is 0 Å². The largest absolute Gasteiger partial charge is 0.375 e. The van der Waals surface area contributed by atoms with Crippen molar-refractivity contribution in [3.05, 3.63) is 173 Å². The number of anilines is 3. The summed E-state index contributed by atoms with van der Waals surface area (Å²) in [5.41, 5.74) is 25.7. The average Bonchev–Trinajstić information content (AvgIpc) is 3.61. The van der Waals surface area contributed by atoms with Crippen molar-refractivity contribution in [2.24, 2.45) is 0 Å². The molecule has 0 N–H and O–H groups in total. The molecule has 0 unspecified atom stereocenters. The highest BCUT2D eigenvalue weighted by Gasteiger charge is 2.45. The van der Waals surface area contributed by atoms with Crippen molar-refractivity contribution < 1.29 is 0 Å². The summed E-state index contributed by atoms with van der Waals surface area (Å²) in [5, 5.41) is 1.32. The van der Waals surface area contributed by atoms with Crippen LogP contribution in [-0.4, -0.2) is 11.3 Å². The van der Waals surface area contributed by atoms with E-state index < -0.39 is 0 Å². The van der Waals surface area contributed by atoms with Crippen molar-refractivity contribution in [1.29, 1.82) is 0 Å². The predicted molar refractivity (Wildman–Crippen MR) is 297 cm³/mol. The third kappa shape index (κ3) is 7.56. The zero-order valence-corrected chi connectivity index (χ0v) is 43.8. The van der Waals surface area contributed by atoms with Gasteiger partial charge in [-0.1, -0.05) is 207 Å². The maximum absolute atomic E-state index is 2.78. The van der Waals surface area contributed by atoms with Crippen molar-refractivity contribution in [2.45, 2.75) is 138 Å². The second-order valence-electron chi connectivity index (χ2n) is 25.3. The van der Waals surface area contributed by atoms with Crippen LogP contribution >= 0.6 is 0 Å². The number of fused-ring (bicyclic) bond motifs is 4. The van der Waals surface area contributed by atoms with Gasteiger partial charge in [-0.05, 0) is 143 Å². The Morgan fingerprint density at radius 3 is 1.51 bits per heavy atom. The third-order valence-corrected chi connectivity index (χ3v) is 15.1. The second-order valence-corrected chi connectivity index (χ2v) is 25.3. The molecule has 7 aromatic carbocycles. The highest BCUT2D eigenvalue weighted by atomic mass is 15.2. The average molecular weight is 891 g/mol. The zero-order chi connectivity index (χ0) is 48.6. The van der Waals surface area contributed by atoms with Crippen LogP contribution < -0.4 is 15.8 Å². The van der Waals surface area contributed by atoms with Crippen molar-refractivity contribution in [1.82, 2.24) is 4.48 Å². The van der Waals surface area contributed by atoms with Crippen LogP contribution in [-0.2, 0) is 27.1 Å². The van der Waals surface area contributed by atoms with Gasteiger partial charge in [0.1, 0.15) is 0 Å². The number of aromatic nitrogens is 1. The quantitative estimate of drug-likeness (QED) is 0.160. The molecular formula is C65H71BN2. The molecule has 0 bridgehead atoms. The summed E-state index contributed by atoms with van der Waals surface area (Å²) in [6.45, 7) is 37.5. The fourth-order valence-electron chi connectivity index (χ4n) is 10.9. The molecule has 8 aromatic rings. The molecule has 344 valence electrons. The molecule has 0 saturated carbocycles. The first-order valence-electron chi connectivity index (χ1n) is 25.0. The van der Waals surface area contributed by atoms with Crippen LogP contribution in [0, 0.1) is 6.92 Å². The lowest BCUT2D eigenvalue weighted by Crippen LogP contribution is -2.57. The first kappa shape index (κ1) is 45.7. The number of aryl methyl sites for hydroxylation is 1. The van der Waals surface area contributed by atoms with Crippen LogP contribution in [0.25, 0.3) is 55.5 Å². The Balaban J connectivity index is 1.42. The summed E-state index contributed by atoms with van der Waals surface area (Å²) in [4.78, 5) is 2.65. The van der Waals surface area contributed by atoms with Crippen molar-refractivity contribution >= 4 is 45.7 Å². The van der Waals surface area contributed by atoms with E-state index in [0.717, 1.165) is 0 Å². The topological polar surface area (TPSA) is 8.17 Å². The Bertz CT molecular complexity index is 3260. The maximum Gasteiger partial charge on any atom is 0.333 e. The van der Waals surface area contributed by atoms with Crippen LogP contribution in [0.15, 0.2) is 140 Å². The minimum Gasteiger partial charge on any atom is -0.375 e. The zero-order valence-electron chi connectivity index (χ0n) is 43.8. The lowest BCUT2D eigenvalue weighted by atomic mass is 9.44. The predicted octanol–water partition coefficient (Wildman–Crippen LogP) is 16.9. The molecule has 0 amide bonds. The number of rotatable bonds is 4. The van der Waals surface area contributed by atoms with E-state index in [-0.39, 0.29) is 33.9 Å². The Kier molecular flexibility index (Phi) is 10.4. The Morgan fingerprint density at radius 1 is 0.397 bits per heavy atom. The molecular weight excluding hydrogens is 820 g/mol. The van der Waals surface area contributed by atoms with Gasteiger partial charge in [0.2, 0.25) is 0 Å². The van der Waals surface area contributed by atoms with E-state index in [1.165, 1.54) is 117 Å². The van der Waals surface area contributed by atoms with Crippen LogP contribution in [0.4, 0.5) is 17.1 Å². The molecule has 3 heteroatoms. The number of benzene rings is 7. The summed E-state index contributed by atoms with van der Waals surface area (Å²) < 4.78 is 2.78. The summed E-state index contributed by atoms with van der Waals surface area (Å²) in [6.07, 6.45) is 0. The van der Waals surface area contributed by atoms with E-state index in [1.807, 2.05) is 0 Å². The first-order chi connectivity index (χ1) is 31.8. The van der Waals surface area contributed by atoms with Gasteiger partial charge in [-0.15, -0.1) is 0 Å². The maximum atomic E-state index is 2.78. The summed E-state index contributed by atoms with van der Waals surface area (Å²) in [7, 11) is 0. The van der Waals surface area contributed by atoms with Gasteiger partial charge < -0.3 is 9.38 Å². The summed E-state index contributed by atoms with van der Waals surface area (Å²) in [5.74, 6) is 0. The lowest BCUT2D eigenvalue weighted by Gasteiger charge is -2.43. The van der Waals surface area contributed by atoms with Crippen LogP contribution in [0.1, 0.15) is 137 Å². The summed E-state index contributed by atoms with van der Waals surface area (Å²) >= 11 is 0. The van der Waals surface area contributed by atoms with E-state index >= 15 is 0 Å². The molecule has 0 fully saturated rings. The molecule has 2 nitrogen and oxygen atoms in total. The molecule has 0 saturated heterocycles. The fourth-order valence-corrected chi connectivity index (χ4v) is 10.9. The van der Waals surface area contributed by atoms with Gasteiger partial charge >= 0.3 is 6.85 Å². The van der Waals surface area contributed by atoms with E-state index in [0.29, 0.717) is 0 Å². The van der Waals surface area contributed by atoms with E-state index in [4.69, 9.17) is 0 Å². The SMILES string of the molecule is Cc1ccccc1-c1c(-c2ccccc2)n2c3c(cc(C(C)(C)C)cc13)-c1cc(C(C)(C)C)cc3c1B2c1cc(-c2ccc(C(C)(C)C)cc2)ccc1N3c1cc(C(C)(C)C)cc(C(C)(C)C)c1. The van der Waals surface area contributed by atoms with Gasteiger partial charge in [0.25, 0.3) is 0 Å². The summed E-state index contributed by atoms with van der Waals surface area (Å²) in [6, 6.07) is 54.6. The minimum atomic E-state index is -0.120. The number of hydrogen-bond acceptors (Lipinski definition) is 1. The fraction of sp³-hybridized carbons (Fsp3) is 0.323. The lowest BCUT2D eigenvalue weighted by molar-refractivity contribution is 0.568. The van der Waals surface area contributed by atoms with E-state index in [9.17, 15) is 0 Å². The normalized spacial score (nSPS) is 13.8. The smallest absolute Gasteiger partial charge is 0.333 e. The second kappa shape index (κ2) is 15.5. The molecule has 1 aromatic heterocycles. The Labute approximate surface area is 408 Å². The van der Waals surface area contributed by atoms with Gasteiger partial charge in [0, 0.05) is 44.8 Å². The highest BCUT2D eigenvalue weighted by Crippen LogP contribution is 2.52. The van der Waals surface area contributed by atoms with Crippen LogP contribution in [0.5, 0.6) is 0 Å². The monoisotopic (exact) mass is 891 g/mol. The Hall–Kier alpha value is -6.06. The Morgan fingerprint density at radius 2 is 0.926 bits per heavy atom. The minimum absolute atomic E-state index is 0.0531. The van der Waals surface area contributed by atoms with Crippen molar-refractivity contribution in [3.63, 3.8) is 0 Å². The highest BCUT2D eigenvalue weighted by molar-refractivity contribution is 6.90. The molecule has 0 spiro atoms. The van der Waals surface area contributed by atoms with E-state index in [1.54, 1.807) is 0 Å². The molecule has 0 aliphatic carbocycles. The molecule has 3 heterocycles. The third-order valence-electron chi connectivity index (χ3n) is 15.1. The van der Waals surface area contributed by atoms with E-state index in [2.05, 4.69) is 260 Å². The van der Waals surface area contributed by atoms with Gasteiger partial charge in [0.05, 0.1) is 0 Å². The van der Waals surface area contributed by atoms with Gasteiger partial charge in [-0.2, -0.15) is 0 Å². The van der Waals surface area contributed by atoms with Gasteiger partial charge in [-0.3, -0.25) is 0 Å². The number of hydrogen-bond donors (Lipinski definition) is 0. The standard InChI is InChI=1S/C65H71BN2/c1-40-22-20-21-25-50(40)57-53-38-47(64(11,12)13)37-52-51-36-48(65(14,15)16)39-56-58(51)66(68(60(52)53)59(57)42-23-18-17-19-24-42)54-32-43(41-26-29-44(30-27-41)61(2,3)4)28-31-55(54)67(56)49-34-45(62(5,6)7)33-46(35-49)63(8,9)10/h17-39H,1-16H3. The van der Waals surface area contributed by atoms with Crippen molar-refractivity contribution in [3.8, 4) is 44.6 Å². The molecule has 68 heavy (non-hydrogen) atoms. The molecule has 10 rings (SSSR count). The number of nitrogens with zero attached hydrogens (tertiary/aromatic N) is 2. The molecule has 0 radical (unpaired) electrons. The molecule has 2 aliphatic heterocycles. The molecule has 2 aliphatic rings. The first-order valence-corrected chi connectivity index (χ1v) is 25.0. The van der Waals surface area contributed by atoms with Gasteiger partial charge in [-0.25, -0.2) is 0 Å². The molecule has 0 atom stereocenters. The van der Waals surface area contributed by atoms with Crippen LogP contribution in [0.2, 0.25) is 0 Å². The van der Waals surface area contributed by atoms with Crippen molar-refractivity contribution in [2.75, 3.05) is 4.90 Å². The van der Waals surface area contributed by atoms with Crippen LogP contribution in [0.3, 0.4) is 0 Å².